The van der Waals surface area contributed by atoms with E-state index in [1.807, 2.05) is 13.0 Å². The van der Waals surface area contributed by atoms with Crippen LogP contribution in [0.5, 0.6) is 5.75 Å². The maximum Gasteiger partial charge on any atom is 0.180 e. The van der Waals surface area contributed by atoms with Gasteiger partial charge < -0.3 is 4.74 Å². The van der Waals surface area contributed by atoms with E-state index in [0.717, 1.165) is 31.5 Å². The predicted octanol–water partition coefficient (Wildman–Crippen LogP) is 3.96. The molecule has 0 aromatic heterocycles. The highest BCUT2D eigenvalue weighted by molar-refractivity contribution is 6.31. The van der Waals surface area contributed by atoms with Gasteiger partial charge in [0.1, 0.15) is 5.75 Å². The molecular weight excluding hydrogens is 274 g/mol. The first-order chi connectivity index (χ1) is 9.53. The highest BCUT2D eigenvalue weighted by atomic mass is 35.5. The smallest absolute Gasteiger partial charge is 0.180 e. The van der Waals surface area contributed by atoms with Crippen molar-refractivity contribution in [1.82, 2.24) is 4.90 Å². The van der Waals surface area contributed by atoms with Crippen molar-refractivity contribution in [2.75, 3.05) is 26.7 Å². The van der Waals surface area contributed by atoms with E-state index in [0.29, 0.717) is 22.9 Å². The van der Waals surface area contributed by atoms with Crippen molar-refractivity contribution in [2.45, 2.75) is 33.6 Å². The van der Waals surface area contributed by atoms with Crippen LogP contribution in [0.25, 0.3) is 0 Å². The summed E-state index contributed by atoms with van der Waals surface area (Å²) >= 11 is 6.12. The molecule has 0 bridgehead atoms. The Morgan fingerprint density at radius 1 is 1.25 bits per heavy atom. The van der Waals surface area contributed by atoms with Gasteiger partial charge in [-0.25, -0.2) is 0 Å². The zero-order chi connectivity index (χ0) is 15.1. The number of carbonyl (C=O) groups is 1. The van der Waals surface area contributed by atoms with Crippen LogP contribution < -0.4 is 4.74 Å². The fourth-order valence-electron chi connectivity index (χ4n) is 2.23. The average molecular weight is 298 g/mol. The van der Waals surface area contributed by atoms with E-state index in [2.05, 4.69) is 18.7 Å². The summed E-state index contributed by atoms with van der Waals surface area (Å²) in [5.41, 5.74) is 1.49. The van der Waals surface area contributed by atoms with E-state index in [9.17, 15) is 4.79 Å². The first-order valence-electron chi connectivity index (χ1n) is 7.13. The van der Waals surface area contributed by atoms with Crippen molar-refractivity contribution < 1.29 is 9.53 Å². The normalized spacial score (nSPS) is 10.9. The third-order valence-electron chi connectivity index (χ3n) is 3.23. The van der Waals surface area contributed by atoms with Gasteiger partial charge in [-0.2, -0.15) is 0 Å². The Labute approximate surface area is 126 Å². The summed E-state index contributed by atoms with van der Waals surface area (Å²) in [5, 5.41) is 0.603. The van der Waals surface area contributed by atoms with Crippen molar-refractivity contribution >= 4 is 17.4 Å². The fourth-order valence-corrected chi connectivity index (χ4v) is 2.40. The van der Waals surface area contributed by atoms with Crippen LogP contribution in [0.15, 0.2) is 12.1 Å². The number of nitrogens with zero attached hydrogens (tertiary/aromatic N) is 1. The second-order valence-electron chi connectivity index (χ2n) is 5.00. The first-order valence-corrected chi connectivity index (χ1v) is 7.50. The maximum absolute atomic E-state index is 12.5. The maximum atomic E-state index is 12.5. The fraction of sp³-hybridized carbons (Fsp3) is 0.562. The minimum Gasteiger partial charge on any atom is -0.496 e. The molecule has 1 aromatic carbocycles. The largest absolute Gasteiger partial charge is 0.496 e. The van der Waals surface area contributed by atoms with Crippen LogP contribution in [-0.2, 0) is 0 Å². The number of hydrogen-bond donors (Lipinski definition) is 0. The Hall–Kier alpha value is -1.06. The number of ether oxygens (including phenoxy) is 1. The Morgan fingerprint density at radius 2 is 1.85 bits per heavy atom. The van der Waals surface area contributed by atoms with E-state index in [1.54, 1.807) is 13.2 Å². The summed E-state index contributed by atoms with van der Waals surface area (Å²) in [6.45, 7) is 8.42. The lowest BCUT2D eigenvalue weighted by Gasteiger charge is -2.20. The number of hydrogen-bond acceptors (Lipinski definition) is 3. The van der Waals surface area contributed by atoms with Crippen molar-refractivity contribution in [3.05, 3.63) is 28.3 Å². The lowest BCUT2D eigenvalue weighted by atomic mass is 10.1. The molecule has 0 aliphatic carbocycles. The van der Waals surface area contributed by atoms with Crippen LogP contribution in [0.1, 0.15) is 42.6 Å². The molecule has 0 unspecified atom stereocenters. The number of rotatable bonds is 8. The molecule has 0 amide bonds. The van der Waals surface area contributed by atoms with Gasteiger partial charge in [-0.1, -0.05) is 25.4 Å². The minimum atomic E-state index is 0.0608. The Morgan fingerprint density at radius 3 is 2.35 bits per heavy atom. The van der Waals surface area contributed by atoms with Gasteiger partial charge in [-0.05, 0) is 50.6 Å². The molecule has 0 atom stereocenters. The molecule has 0 radical (unpaired) electrons. The predicted molar refractivity (Wildman–Crippen MR) is 84.1 cm³/mol. The second-order valence-corrected chi connectivity index (χ2v) is 5.41. The molecule has 0 aliphatic rings. The molecule has 0 heterocycles. The van der Waals surface area contributed by atoms with Crippen molar-refractivity contribution in [1.29, 1.82) is 0 Å². The van der Waals surface area contributed by atoms with Gasteiger partial charge in [0.25, 0.3) is 0 Å². The third kappa shape index (κ3) is 4.50. The van der Waals surface area contributed by atoms with E-state index in [4.69, 9.17) is 16.3 Å². The van der Waals surface area contributed by atoms with E-state index in [-0.39, 0.29) is 5.78 Å². The summed E-state index contributed by atoms with van der Waals surface area (Å²) in [6.07, 6.45) is 2.08. The molecule has 1 aromatic rings. The van der Waals surface area contributed by atoms with Crippen LogP contribution in [0.3, 0.4) is 0 Å². The van der Waals surface area contributed by atoms with E-state index in [1.165, 1.54) is 0 Å². The van der Waals surface area contributed by atoms with Crippen LogP contribution in [0.2, 0.25) is 5.02 Å². The van der Waals surface area contributed by atoms with Crippen LogP contribution >= 0.6 is 11.6 Å². The van der Waals surface area contributed by atoms with Crippen LogP contribution in [-0.4, -0.2) is 37.4 Å². The number of aryl methyl sites for hydroxylation is 1. The number of benzene rings is 1. The molecule has 0 saturated carbocycles. The summed E-state index contributed by atoms with van der Waals surface area (Å²) in [7, 11) is 1.58. The summed E-state index contributed by atoms with van der Waals surface area (Å²) in [6, 6.07) is 3.54. The molecule has 1 rings (SSSR count). The Balaban J connectivity index is 2.93. The average Bonchev–Trinajstić information content (AvgIpc) is 2.41. The highest BCUT2D eigenvalue weighted by Crippen LogP contribution is 2.27. The van der Waals surface area contributed by atoms with Crippen molar-refractivity contribution in [3.63, 3.8) is 0 Å². The molecule has 112 valence electrons. The molecule has 3 nitrogen and oxygen atoms in total. The lowest BCUT2D eigenvalue weighted by molar-refractivity contribution is 0.0927. The number of ketones is 1. The van der Waals surface area contributed by atoms with E-state index >= 15 is 0 Å². The Kier molecular flexibility index (Phi) is 7.03. The summed E-state index contributed by atoms with van der Waals surface area (Å²) in [4.78, 5) is 14.6. The van der Waals surface area contributed by atoms with Crippen LogP contribution in [0.4, 0.5) is 0 Å². The van der Waals surface area contributed by atoms with Gasteiger partial charge in [0.15, 0.2) is 5.78 Å². The number of carbonyl (C=O) groups excluding carboxylic acids is 1. The molecule has 4 heteroatoms. The molecule has 20 heavy (non-hydrogen) atoms. The highest BCUT2D eigenvalue weighted by Gasteiger charge is 2.17. The zero-order valence-corrected chi connectivity index (χ0v) is 13.6. The summed E-state index contributed by atoms with van der Waals surface area (Å²) < 4.78 is 5.31. The quantitative estimate of drug-likeness (QED) is 0.680. The molecule has 0 N–H and O–H groups in total. The van der Waals surface area contributed by atoms with Gasteiger partial charge in [0.2, 0.25) is 0 Å². The Bertz CT molecular complexity index is 454. The van der Waals surface area contributed by atoms with E-state index < -0.39 is 0 Å². The molecule has 0 spiro atoms. The standard InChI is InChI=1S/C16H24ClNO2/c1-5-7-18(8-6-2)11-15(19)13-10-14(17)12(3)9-16(13)20-4/h9-10H,5-8,11H2,1-4H3. The monoisotopic (exact) mass is 297 g/mol. The topological polar surface area (TPSA) is 29.5 Å². The molecule has 0 fully saturated rings. The minimum absolute atomic E-state index is 0.0608. The van der Waals surface area contributed by atoms with Crippen molar-refractivity contribution in [3.8, 4) is 5.75 Å². The van der Waals surface area contributed by atoms with Crippen molar-refractivity contribution in [2.24, 2.45) is 0 Å². The second kappa shape index (κ2) is 8.28. The molecular formula is C16H24ClNO2. The summed E-state index contributed by atoms with van der Waals surface area (Å²) in [5.74, 6) is 0.662. The molecule has 0 saturated heterocycles. The van der Waals surface area contributed by atoms with Gasteiger partial charge in [0.05, 0.1) is 19.2 Å². The lowest BCUT2D eigenvalue weighted by Crippen LogP contribution is -2.31. The van der Waals surface area contributed by atoms with Crippen LogP contribution in [0, 0.1) is 6.92 Å². The van der Waals surface area contributed by atoms with Gasteiger partial charge in [0, 0.05) is 5.02 Å². The number of halogens is 1. The van der Waals surface area contributed by atoms with Gasteiger partial charge in [-0.3, -0.25) is 9.69 Å². The first kappa shape index (κ1) is 17.0. The SMILES string of the molecule is CCCN(CCC)CC(=O)c1cc(Cl)c(C)cc1OC. The van der Waals surface area contributed by atoms with Gasteiger partial charge in [-0.15, -0.1) is 0 Å². The molecule has 0 aliphatic heterocycles. The van der Waals surface area contributed by atoms with Gasteiger partial charge >= 0.3 is 0 Å². The zero-order valence-electron chi connectivity index (χ0n) is 12.8. The number of methoxy groups -OCH3 is 1. The third-order valence-corrected chi connectivity index (χ3v) is 3.64. The number of Topliss-reactive ketones (excluding diaryl/α,β-unsaturated/α-hetero) is 1.